The molecule has 1 unspecified atom stereocenters. The van der Waals surface area contributed by atoms with Crippen LogP contribution in [0.1, 0.15) is 24.8 Å². The number of aliphatic imine (C=N–C) groups is 1. The van der Waals surface area contributed by atoms with Gasteiger partial charge in [0.15, 0.2) is 29.2 Å². The summed E-state index contributed by atoms with van der Waals surface area (Å²) in [4.78, 5) is 27.5. The number of rotatable bonds is 10. The van der Waals surface area contributed by atoms with E-state index in [1.54, 1.807) is 42.5 Å². The zero-order chi connectivity index (χ0) is 27.9. The third-order valence-electron chi connectivity index (χ3n) is 5.63. The molecule has 2 aromatic carbocycles. The topological polar surface area (TPSA) is 200 Å². The van der Waals surface area contributed by atoms with Crippen LogP contribution in [0.4, 0.5) is 17.1 Å². The van der Waals surface area contributed by atoms with Crippen LogP contribution >= 0.6 is 0 Å². The molecule has 0 saturated carbocycles. The van der Waals surface area contributed by atoms with Gasteiger partial charge in [-0.1, -0.05) is 12.1 Å². The molecule has 13 nitrogen and oxygen atoms in total. The Morgan fingerprint density at radius 3 is 2.67 bits per heavy atom. The van der Waals surface area contributed by atoms with Crippen LogP contribution in [0, 0.1) is 11.3 Å². The molecule has 7 N–H and O–H groups in total. The van der Waals surface area contributed by atoms with Gasteiger partial charge in [0.1, 0.15) is 5.69 Å². The molecule has 1 atom stereocenters. The van der Waals surface area contributed by atoms with Gasteiger partial charge < -0.3 is 41.6 Å². The fourth-order valence-electron chi connectivity index (χ4n) is 3.78. The van der Waals surface area contributed by atoms with E-state index in [-0.39, 0.29) is 41.1 Å². The lowest BCUT2D eigenvalue weighted by Gasteiger charge is -2.26. The van der Waals surface area contributed by atoms with Crippen molar-refractivity contribution in [3.8, 4) is 35.3 Å². The Kier molecular flexibility index (Phi) is 8.27. The van der Waals surface area contributed by atoms with Crippen LogP contribution in [-0.4, -0.2) is 48.6 Å². The first-order valence-electron chi connectivity index (χ1n) is 12.1. The second kappa shape index (κ2) is 12.0. The Balaban J connectivity index is 1.78. The minimum Gasteiger partial charge on any atom is -0.462 e. The van der Waals surface area contributed by atoms with Gasteiger partial charge in [0.25, 0.3) is 11.8 Å². The van der Waals surface area contributed by atoms with Gasteiger partial charge in [-0.3, -0.25) is 4.79 Å². The van der Waals surface area contributed by atoms with Crippen LogP contribution < -0.4 is 41.6 Å². The summed E-state index contributed by atoms with van der Waals surface area (Å²) in [7, 11) is 3.66. The average molecular weight is 532 g/mol. The fourth-order valence-corrected chi connectivity index (χ4v) is 3.78. The SMILES string of the molecule is CN(C)c1ccc(C#N)cc1Oc1nc(Oc2ccccc2N=C(N)N)nc2c1NC(=O)C(CCCCN)O2. The Hall–Kier alpha value is -5.09. The maximum Gasteiger partial charge on any atom is 0.328 e. The molecule has 1 aliphatic heterocycles. The van der Waals surface area contributed by atoms with E-state index in [9.17, 15) is 10.1 Å². The standard InChI is InChI=1S/C26H29N9O4/c1-35(2)17-11-10-15(14-28)13-20(17)38-24-21-23(37-19(22(36)32-21)9-5-6-12-27)33-26(34-24)39-18-8-4-3-7-16(18)31-25(29)30/h3-4,7-8,10-11,13,19H,5-6,9,12,27H2,1-2H3,(H,32,36)(H4,29,30,31). The van der Waals surface area contributed by atoms with Crippen molar-refractivity contribution in [2.75, 3.05) is 30.9 Å². The van der Waals surface area contributed by atoms with E-state index in [1.807, 2.05) is 19.0 Å². The number of hydrogen-bond acceptors (Lipinski definition) is 10. The van der Waals surface area contributed by atoms with Crippen molar-refractivity contribution >= 4 is 28.9 Å². The number of guanidine groups is 1. The highest BCUT2D eigenvalue weighted by molar-refractivity contribution is 5.98. The third-order valence-corrected chi connectivity index (χ3v) is 5.63. The second-order valence-corrected chi connectivity index (χ2v) is 8.77. The van der Waals surface area contributed by atoms with Crippen LogP contribution in [0.15, 0.2) is 47.5 Å². The minimum atomic E-state index is -0.784. The molecule has 2 heterocycles. The summed E-state index contributed by atoms with van der Waals surface area (Å²) in [5.74, 6) is 0.109. The first-order chi connectivity index (χ1) is 18.8. The molecule has 4 rings (SSSR count). The van der Waals surface area contributed by atoms with Crippen molar-refractivity contribution in [2.45, 2.75) is 25.4 Å². The molecule has 1 aliphatic rings. The highest BCUT2D eigenvalue weighted by atomic mass is 16.5. The molecule has 1 amide bonds. The number of amides is 1. The number of benzene rings is 2. The average Bonchev–Trinajstić information content (AvgIpc) is 2.90. The molecular weight excluding hydrogens is 502 g/mol. The van der Waals surface area contributed by atoms with Crippen molar-refractivity contribution in [1.29, 1.82) is 5.26 Å². The summed E-state index contributed by atoms with van der Waals surface area (Å²) in [5, 5.41) is 12.2. The summed E-state index contributed by atoms with van der Waals surface area (Å²) in [6, 6.07) is 13.7. The van der Waals surface area contributed by atoms with E-state index in [4.69, 9.17) is 31.4 Å². The number of nitriles is 1. The number of hydrogen-bond donors (Lipinski definition) is 4. The second-order valence-electron chi connectivity index (χ2n) is 8.77. The first-order valence-corrected chi connectivity index (χ1v) is 12.1. The summed E-state index contributed by atoms with van der Waals surface area (Å²) in [6.45, 7) is 0.508. The van der Waals surface area contributed by atoms with Crippen LogP contribution in [0.3, 0.4) is 0 Å². The van der Waals surface area contributed by atoms with Crippen molar-refractivity contribution in [2.24, 2.45) is 22.2 Å². The molecule has 1 aromatic heterocycles. The van der Waals surface area contributed by atoms with Gasteiger partial charge in [0.2, 0.25) is 5.88 Å². The van der Waals surface area contributed by atoms with Crippen molar-refractivity contribution in [3.63, 3.8) is 0 Å². The van der Waals surface area contributed by atoms with Gasteiger partial charge in [-0.2, -0.15) is 15.2 Å². The highest BCUT2D eigenvalue weighted by Crippen LogP contribution is 2.42. The molecule has 13 heteroatoms. The molecule has 3 aromatic rings. The van der Waals surface area contributed by atoms with E-state index in [1.165, 1.54) is 0 Å². The molecule has 0 spiro atoms. The predicted molar refractivity (Wildman–Crippen MR) is 146 cm³/mol. The van der Waals surface area contributed by atoms with Gasteiger partial charge in [0, 0.05) is 20.2 Å². The zero-order valence-electron chi connectivity index (χ0n) is 21.5. The van der Waals surface area contributed by atoms with Crippen LogP contribution in [-0.2, 0) is 4.79 Å². The van der Waals surface area contributed by atoms with Crippen molar-refractivity contribution in [1.82, 2.24) is 9.97 Å². The molecular formula is C26H29N9O4. The van der Waals surface area contributed by atoms with E-state index in [0.717, 1.165) is 6.42 Å². The maximum atomic E-state index is 12.9. The van der Waals surface area contributed by atoms with E-state index >= 15 is 0 Å². The maximum absolute atomic E-state index is 12.9. The lowest BCUT2D eigenvalue weighted by molar-refractivity contribution is -0.124. The molecule has 39 heavy (non-hydrogen) atoms. The van der Waals surface area contributed by atoms with Gasteiger partial charge in [-0.05, 0) is 50.1 Å². The Morgan fingerprint density at radius 1 is 1.15 bits per heavy atom. The Labute approximate surface area is 225 Å². The number of anilines is 2. The minimum absolute atomic E-state index is 0.0405. The third kappa shape index (κ3) is 6.43. The number of carbonyl (C=O) groups excluding carboxylic acids is 1. The van der Waals surface area contributed by atoms with Crippen LogP contribution in [0.2, 0.25) is 0 Å². The number of aromatic nitrogens is 2. The fraction of sp³-hybridized carbons (Fsp3) is 0.269. The smallest absolute Gasteiger partial charge is 0.328 e. The highest BCUT2D eigenvalue weighted by Gasteiger charge is 2.33. The molecule has 202 valence electrons. The number of para-hydroxylation sites is 2. The molecule has 0 bridgehead atoms. The van der Waals surface area contributed by atoms with E-state index in [0.29, 0.717) is 42.1 Å². The first kappa shape index (κ1) is 27.0. The van der Waals surface area contributed by atoms with E-state index < -0.39 is 6.10 Å². The number of unbranched alkanes of at least 4 members (excludes halogenated alkanes) is 1. The van der Waals surface area contributed by atoms with Crippen LogP contribution in [0.5, 0.6) is 29.3 Å². The summed E-state index contributed by atoms with van der Waals surface area (Å²) in [6.07, 6.45) is 1.10. The van der Waals surface area contributed by atoms with Gasteiger partial charge >= 0.3 is 6.01 Å². The van der Waals surface area contributed by atoms with Gasteiger partial charge in [-0.25, -0.2) is 4.99 Å². The van der Waals surface area contributed by atoms with E-state index in [2.05, 4.69) is 26.3 Å². The van der Waals surface area contributed by atoms with Crippen LogP contribution in [0.25, 0.3) is 0 Å². The number of fused-ring (bicyclic) bond motifs is 1. The quantitative estimate of drug-likeness (QED) is 0.170. The summed E-state index contributed by atoms with van der Waals surface area (Å²) in [5.41, 5.74) is 18.2. The summed E-state index contributed by atoms with van der Waals surface area (Å²) < 4.78 is 18.1. The monoisotopic (exact) mass is 531 g/mol. The normalized spacial score (nSPS) is 13.8. The zero-order valence-corrected chi connectivity index (χ0v) is 21.5. The molecule has 0 saturated heterocycles. The number of nitrogens with one attached hydrogen (secondary N) is 1. The Bertz CT molecular complexity index is 1430. The van der Waals surface area contributed by atoms with Gasteiger partial charge in [-0.15, -0.1) is 0 Å². The Morgan fingerprint density at radius 2 is 1.95 bits per heavy atom. The molecule has 0 aliphatic carbocycles. The number of nitrogens with two attached hydrogens (primary N) is 3. The van der Waals surface area contributed by atoms with Gasteiger partial charge in [0.05, 0.1) is 17.3 Å². The largest absolute Gasteiger partial charge is 0.462 e. The lowest BCUT2D eigenvalue weighted by atomic mass is 10.1. The van der Waals surface area contributed by atoms with Crippen molar-refractivity contribution in [3.05, 3.63) is 48.0 Å². The summed E-state index contributed by atoms with van der Waals surface area (Å²) >= 11 is 0. The number of nitrogens with zero attached hydrogens (tertiary/aromatic N) is 5. The predicted octanol–water partition coefficient (Wildman–Crippen LogP) is 2.73. The molecule has 0 radical (unpaired) electrons. The number of carbonyl (C=O) groups is 1. The number of ether oxygens (including phenoxy) is 3. The molecule has 0 fully saturated rings. The lowest BCUT2D eigenvalue weighted by Crippen LogP contribution is -2.37. The van der Waals surface area contributed by atoms with Crippen molar-refractivity contribution < 1.29 is 19.0 Å².